The van der Waals surface area contributed by atoms with Gasteiger partial charge in [-0.05, 0) is 43.0 Å². The molecule has 1 fully saturated rings. The Morgan fingerprint density at radius 1 is 1.19 bits per heavy atom. The second kappa shape index (κ2) is 8.16. The number of aromatic nitrogens is 1. The van der Waals surface area contributed by atoms with Gasteiger partial charge in [-0.2, -0.15) is 0 Å². The number of carbonyl (C=O) groups excluding carboxylic acids is 1. The quantitative estimate of drug-likeness (QED) is 0.501. The second-order valence-electron chi connectivity index (χ2n) is 8.11. The molecule has 0 unspecified atom stereocenters. The molecule has 1 saturated carbocycles. The summed E-state index contributed by atoms with van der Waals surface area (Å²) in [6, 6.07) is 4.10. The number of carboxylic acids is 1. The van der Waals surface area contributed by atoms with Crippen molar-refractivity contribution in [3.63, 3.8) is 0 Å². The van der Waals surface area contributed by atoms with Gasteiger partial charge in [0.25, 0.3) is 5.91 Å². The van der Waals surface area contributed by atoms with E-state index >= 15 is 4.39 Å². The van der Waals surface area contributed by atoms with Crippen LogP contribution in [0.4, 0.5) is 13.2 Å². The molecule has 0 spiro atoms. The molecule has 2 N–H and O–H groups in total. The third kappa shape index (κ3) is 3.52. The average Bonchev–Trinajstić information content (AvgIpc) is 2.98. The summed E-state index contributed by atoms with van der Waals surface area (Å²) in [6.45, 7) is 1.42. The van der Waals surface area contributed by atoms with Gasteiger partial charge in [0, 0.05) is 22.7 Å². The summed E-state index contributed by atoms with van der Waals surface area (Å²) in [4.78, 5) is 25.4. The van der Waals surface area contributed by atoms with Crippen molar-refractivity contribution in [2.45, 2.75) is 38.5 Å². The number of hydrogen-bond acceptors (Lipinski definition) is 3. The number of aliphatic carboxylic acids is 1. The molecule has 1 atom stereocenters. The maximum absolute atomic E-state index is 15.1. The van der Waals surface area contributed by atoms with E-state index in [4.69, 9.17) is 11.6 Å². The Morgan fingerprint density at radius 2 is 1.88 bits per heavy atom. The predicted molar refractivity (Wildman–Crippen MR) is 112 cm³/mol. The van der Waals surface area contributed by atoms with Crippen molar-refractivity contribution in [1.29, 1.82) is 0 Å². The highest BCUT2D eigenvalue weighted by Gasteiger charge is 2.35. The summed E-state index contributed by atoms with van der Waals surface area (Å²) < 4.78 is 44.2. The number of rotatable bonds is 5. The van der Waals surface area contributed by atoms with Gasteiger partial charge in [0.15, 0.2) is 17.4 Å². The minimum absolute atomic E-state index is 0.00464. The summed E-state index contributed by atoms with van der Waals surface area (Å²) in [5, 5.41) is 19.2. The van der Waals surface area contributed by atoms with Crippen LogP contribution in [0.15, 0.2) is 24.3 Å². The van der Waals surface area contributed by atoms with Crippen molar-refractivity contribution in [1.82, 2.24) is 4.57 Å². The smallest absolute Gasteiger partial charge is 0.311 e. The lowest BCUT2D eigenvalue weighted by atomic mass is 9.76. The lowest BCUT2D eigenvalue weighted by Crippen LogP contribution is -2.21. The van der Waals surface area contributed by atoms with E-state index in [9.17, 15) is 28.6 Å². The molecular weight excluding hydrogens is 447 g/mol. The first-order valence-corrected chi connectivity index (χ1v) is 10.4. The monoisotopic (exact) mass is 465 g/mol. The van der Waals surface area contributed by atoms with E-state index in [1.165, 1.54) is 19.1 Å². The third-order valence-corrected chi connectivity index (χ3v) is 6.53. The summed E-state index contributed by atoms with van der Waals surface area (Å²) in [5.41, 5.74) is -0.310. The fraction of sp³-hybridized carbons (Fsp3) is 0.304. The van der Waals surface area contributed by atoms with Crippen LogP contribution < -0.4 is 0 Å². The van der Waals surface area contributed by atoms with E-state index in [2.05, 4.69) is 0 Å². The van der Waals surface area contributed by atoms with Gasteiger partial charge < -0.3 is 10.2 Å². The summed E-state index contributed by atoms with van der Waals surface area (Å²) in [6.07, 6.45) is 2.87. The predicted octanol–water partition coefficient (Wildman–Crippen LogP) is 5.77. The van der Waals surface area contributed by atoms with Crippen molar-refractivity contribution >= 4 is 34.4 Å². The number of hydrogen-bond donors (Lipinski definition) is 2. The Kier molecular flexibility index (Phi) is 5.67. The Morgan fingerprint density at radius 3 is 2.44 bits per heavy atom. The largest absolute Gasteiger partial charge is 0.503 e. The average molecular weight is 466 g/mol. The van der Waals surface area contributed by atoms with Crippen molar-refractivity contribution < 1.29 is 33.0 Å². The molecule has 3 aromatic rings. The highest BCUT2D eigenvalue weighted by molar-refractivity contribution is 6.30. The topological polar surface area (TPSA) is 79.5 Å². The number of carboxylic acid groups (broad SMARTS) is 1. The SMILES string of the molecule is Cc1c([C@H](CC2CCC2)C(=O)O)c2c(F)c(O)c(F)cc2n1C(=O)c1ccc(Cl)c(F)c1. The maximum Gasteiger partial charge on any atom is 0.311 e. The van der Waals surface area contributed by atoms with Gasteiger partial charge >= 0.3 is 5.97 Å². The van der Waals surface area contributed by atoms with Crippen LogP contribution >= 0.6 is 11.6 Å². The highest BCUT2D eigenvalue weighted by Crippen LogP contribution is 2.43. The number of phenolic OH excluding ortho intramolecular Hbond substituents is 1. The molecule has 0 amide bonds. The van der Waals surface area contributed by atoms with Crippen LogP contribution in [-0.4, -0.2) is 26.7 Å². The molecule has 4 rings (SSSR count). The summed E-state index contributed by atoms with van der Waals surface area (Å²) in [7, 11) is 0. The third-order valence-electron chi connectivity index (χ3n) is 6.22. The molecule has 1 heterocycles. The molecule has 1 aliphatic carbocycles. The summed E-state index contributed by atoms with van der Waals surface area (Å²) >= 11 is 5.68. The van der Waals surface area contributed by atoms with Crippen molar-refractivity contribution in [3.8, 4) is 5.75 Å². The van der Waals surface area contributed by atoms with Crippen LogP contribution in [0.2, 0.25) is 5.02 Å². The zero-order valence-electron chi connectivity index (χ0n) is 17.0. The lowest BCUT2D eigenvalue weighted by Gasteiger charge is -2.28. The Bertz CT molecular complexity index is 1270. The van der Waals surface area contributed by atoms with Gasteiger partial charge in [0.1, 0.15) is 5.82 Å². The Balaban J connectivity index is 1.99. The molecule has 0 aliphatic heterocycles. The van der Waals surface area contributed by atoms with Crippen molar-refractivity contribution in [3.05, 3.63) is 63.6 Å². The van der Waals surface area contributed by atoms with Gasteiger partial charge in [-0.1, -0.05) is 30.9 Å². The number of phenols is 1. The van der Waals surface area contributed by atoms with E-state index in [1.807, 2.05) is 0 Å². The molecule has 0 saturated heterocycles. The van der Waals surface area contributed by atoms with E-state index in [0.717, 1.165) is 36.0 Å². The number of fused-ring (bicyclic) bond motifs is 1. The minimum Gasteiger partial charge on any atom is -0.503 e. The Hall–Kier alpha value is -3.00. The normalized spacial score (nSPS) is 15.0. The Labute approximate surface area is 186 Å². The molecule has 1 aromatic heterocycles. The van der Waals surface area contributed by atoms with Gasteiger partial charge in [0.2, 0.25) is 0 Å². The maximum atomic E-state index is 15.1. The van der Waals surface area contributed by atoms with E-state index in [0.29, 0.717) is 0 Å². The zero-order chi connectivity index (χ0) is 23.3. The van der Waals surface area contributed by atoms with Gasteiger partial charge in [0.05, 0.1) is 16.5 Å². The van der Waals surface area contributed by atoms with Crippen LogP contribution in [0.1, 0.15) is 53.2 Å². The van der Waals surface area contributed by atoms with E-state index < -0.39 is 41.0 Å². The van der Waals surface area contributed by atoms with Gasteiger partial charge in [-0.25, -0.2) is 13.2 Å². The summed E-state index contributed by atoms with van der Waals surface area (Å²) in [5.74, 6) is -7.82. The minimum atomic E-state index is -1.34. The molecule has 9 heteroatoms. The second-order valence-corrected chi connectivity index (χ2v) is 8.51. The highest BCUT2D eigenvalue weighted by atomic mass is 35.5. The first-order chi connectivity index (χ1) is 15.1. The molecular formula is C23H19ClF3NO4. The van der Waals surface area contributed by atoms with Crippen LogP contribution in [-0.2, 0) is 4.79 Å². The molecule has 32 heavy (non-hydrogen) atoms. The number of carbonyl (C=O) groups is 2. The number of aromatic hydroxyl groups is 1. The molecule has 0 bridgehead atoms. The van der Waals surface area contributed by atoms with Gasteiger partial charge in [-0.3, -0.25) is 14.2 Å². The fourth-order valence-electron chi connectivity index (χ4n) is 4.36. The first kappa shape index (κ1) is 22.2. The van der Waals surface area contributed by atoms with Gasteiger partial charge in [-0.15, -0.1) is 0 Å². The molecule has 2 aromatic carbocycles. The molecule has 168 valence electrons. The standard InChI is InChI=1S/C23H19ClF3NO4/c1-10-18(13(23(31)32)7-11-3-2-4-11)19-17(9-16(26)21(29)20(19)27)28(10)22(30)12-5-6-14(24)15(25)8-12/h5-6,8-9,11,13,29H,2-4,7H2,1H3,(H,31,32)/t13-/m0/s1. The van der Waals surface area contributed by atoms with Crippen LogP contribution in [0, 0.1) is 30.3 Å². The number of nitrogens with zero attached hydrogens (tertiary/aromatic N) is 1. The molecule has 1 aliphatic rings. The van der Waals surface area contributed by atoms with Crippen molar-refractivity contribution in [2.75, 3.05) is 0 Å². The zero-order valence-corrected chi connectivity index (χ0v) is 17.7. The van der Waals surface area contributed by atoms with Crippen LogP contribution in [0.3, 0.4) is 0 Å². The molecule has 0 radical (unpaired) electrons. The fourth-order valence-corrected chi connectivity index (χ4v) is 4.48. The molecule has 5 nitrogen and oxygen atoms in total. The van der Waals surface area contributed by atoms with Crippen molar-refractivity contribution in [2.24, 2.45) is 5.92 Å². The van der Waals surface area contributed by atoms with Crippen LogP contribution in [0.5, 0.6) is 5.75 Å². The number of halogens is 4. The lowest BCUT2D eigenvalue weighted by molar-refractivity contribution is -0.139. The van der Waals surface area contributed by atoms with E-state index in [1.54, 1.807) is 0 Å². The van der Waals surface area contributed by atoms with Crippen LogP contribution in [0.25, 0.3) is 10.9 Å². The first-order valence-electron chi connectivity index (χ1n) is 10.1. The van der Waals surface area contributed by atoms with E-state index in [-0.39, 0.29) is 45.1 Å². The number of benzene rings is 2.